The molecule has 1 saturated heterocycles. The van der Waals surface area contributed by atoms with Gasteiger partial charge in [-0.25, -0.2) is 4.98 Å². The number of nitrogens with zero attached hydrogens (tertiary/aromatic N) is 5. The lowest BCUT2D eigenvalue weighted by atomic mass is 10.2. The molecule has 6 nitrogen and oxygen atoms in total. The number of aromatic nitrogens is 2. The van der Waals surface area contributed by atoms with Crippen LogP contribution in [0.5, 0.6) is 0 Å². The zero-order valence-corrected chi connectivity index (χ0v) is 19.6. The monoisotopic (exact) mass is 516 g/mol. The maximum atomic E-state index is 4.53. The Bertz CT molecular complexity index is 917. The molecule has 0 spiro atoms. The molecule has 1 fully saturated rings. The lowest BCUT2D eigenvalue weighted by Gasteiger charge is -2.37. The van der Waals surface area contributed by atoms with Gasteiger partial charge in [-0.3, -0.25) is 4.99 Å². The molecule has 30 heavy (non-hydrogen) atoms. The summed E-state index contributed by atoms with van der Waals surface area (Å²) >= 11 is 0. The van der Waals surface area contributed by atoms with E-state index in [1.807, 2.05) is 25.5 Å². The third-order valence-electron chi connectivity index (χ3n) is 5.31. The predicted molar refractivity (Wildman–Crippen MR) is 134 cm³/mol. The van der Waals surface area contributed by atoms with Crippen LogP contribution in [-0.2, 0) is 13.1 Å². The van der Waals surface area contributed by atoms with E-state index < -0.39 is 0 Å². The van der Waals surface area contributed by atoms with Gasteiger partial charge in [-0.2, -0.15) is 0 Å². The van der Waals surface area contributed by atoms with Crippen molar-refractivity contribution in [3.63, 3.8) is 0 Å². The molecule has 1 aromatic heterocycles. The lowest BCUT2D eigenvalue weighted by molar-refractivity contribution is 0.371. The van der Waals surface area contributed by atoms with Gasteiger partial charge in [-0.1, -0.05) is 48.5 Å². The van der Waals surface area contributed by atoms with Gasteiger partial charge in [0.05, 0.1) is 6.54 Å². The van der Waals surface area contributed by atoms with Gasteiger partial charge < -0.3 is 19.7 Å². The molecule has 0 amide bonds. The van der Waals surface area contributed by atoms with Gasteiger partial charge in [0, 0.05) is 57.9 Å². The van der Waals surface area contributed by atoms with Gasteiger partial charge in [0.1, 0.15) is 5.82 Å². The first kappa shape index (κ1) is 22.1. The second-order valence-corrected chi connectivity index (χ2v) is 7.17. The number of aliphatic imine (C=N–C) groups is 1. The lowest BCUT2D eigenvalue weighted by Crippen LogP contribution is -2.52. The van der Waals surface area contributed by atoms with Crippen molar-refractivity contribution in [2.24, 2.45) is 4.99 Å². The number of halogens is 1. The van der Waals surface area contributed by atoms with Crippen molar-refractivity contribution < 1.29 is 0 Å². The Morgan fingerprint density at radius 2 is 1.63 bits per heavy atom. The second-order valence-electron chi connectivity index (χ2n) is 7.17. The summed E-state index contributed by atoms with van der Waals surface area (Å²) in [5, 5.41) is 3.50. The van der Waals surface area contributed by atoms with E-state index >= 15 is 0 Å². The third kappa shape index (κ3) is 5.53. The normalized spacial score (nSPS) is 14.4. The number of rotatable bonds is 5. The number of nitrogens with one attached hydrogen (secondary N) is 1. The summed E-state index contributed by atoms with van der Waals surface area (Å²) in [6, 6.07) is 21.1. The maximum Gasteiger partial charge on any atom is 0.194 e. The number of imidazole rings is 1. The van der Waals surface area contributed by atoms with Crippen LogP contribution in [0.2, 0.25) is 0 Å². The van der Waals surface area contributed by atoms with Crippen LogP contribution in [0.1, 0.15) is 11.4 Å². The topological polar surface area (TPSA) is 48.7 Å². The van der Waals surface area contributed by atoms with Crippen LogP contribution in [0.25, 0.3) is 0 Å². The predicted octanol–water partition coefficient (Wildman–Crippen LogP) is 3.45. The Hall–Kier alpha value is -2.55. The van der Waals surface area contributed by atoms with Crippen molar-refractivity contribution in [1.82, 2.24) is 19.8 Å². The Labute approximate surface area is 195 Å². The van der Waals surface area contributed by atoms with Crippen molar-refractivity contribution in [1.29, 1.82) is 0 Å². The zero-order chi connectivity index (χ0) is 19.9. The van der Waals surface area contributed by atoms with E-state index in [1.54, 1.807) is 0 Å². The molecule has 7 heteroatoms. The summed E-state index contributed by atoms with van der Waals surface area (Å²) in [6.07, 6.45) is 3.90. The SMILES string of the molecule is CN=C(NCc1nccn1Cc1ccccc1)N1CCN(c2ccccc2)CC1.I. The average Bonchev–Trinajstić information content (AvgIpc) is 3.23. The number of guanidine groups is 1. The van der Waals surface area contributed by atoms with E-state index in [2.05, 4.69) is 84.3 Å². The summed E-state index contributed by atoms with van der Waals surface area (Å²) in [5.74, 6) is 1.95. The average molecular weight is 516 g/mol. The highest BCUT2D eigenvalue weighted by Gasteiger charge is 2.20. The molecule has 0 saturated carbocycles. The van der Waals surface area contributed by atoms with Gasteiger partial charge >= 0.3 is 0 Å². The van der Waals surface area contributed by atoms with Crippen LogP contribution < -0.4 is 10.2 Å². The van der Waals surface area contributed by atoms with E-state index in [0.29, 0.717) is 6.54 Å². The minimum Gasteiger partial charge on any atom is -0.368 e. The van der Waals surface area contributed by atoms with E-state index in [0.717, 1.165) is 44.5 Å². The van der Waals surface area contributed by atoms with E-state index in [-0.39, 0.29) is 24.0 Å². The van der Waals surface area contributed by atoms with E-state index in [9.17, 15) is 0 Å². The van der Waals surface area contributed by atoms with Crippen molar-refractivity contribution in [2.45, 2.75) is 13.1 Å². The molecule has 0 atom stereocenters. The first-order valence-corrected chi connectivity index (χ1v) is 10.1. The molecule has 2 heterocycles. The Morgan fingerprint density at radius 3 is 2.30 bits per heavy atom. The van der Waals surface area contributed by atoms with E-state index in [4.69, 9.17) is 0 Å². The molecule has 0 bridgehead atoms. The summed E-state index contributed by atoms with van der Waals surface area (Å²) in [7, 11) is 1.85. The summed E-state index contributed by atoms with van der Waals surface area (Å²) < 4.78 is 2.18. The smallest absolute Gasteiger partial charge is 0.194 e. The molecular formula is C23H29IN6. The van der Waals surface area contributed by atoms with E-state index in [1.165, 1.54) is 11.3 Å². The second kappa shape index (κ2) is 11.0. The van der Waals surface area contributed by atoms with Crippen LogP contribution in [0.4, 0.5) is 5.69 Å². The molecule has 0 aliphatic carbocycles. The number of anilines is 1. The molecule has 1 N–H and O–H groups in total. The van der Waals surface area contributed by atoms with Gasteiger partial charge in [-0.15, -0.1) is 24.0 Å². The van der Waals surface area contributed by atoms with Crippen LogP contribution in [-0.4, -0.2) is 53.6 Å². The van der Waals surface area contributed by atoms with Gasteiger partial charge in [-0.05, 0) is 17.7 Å². The molecule has 3 aromatic rings. The highest BCUT2D eigenvalue weighted by atomic mass is 127. The minimum atomic E-state index is 0. The fourth-order valence-electron chi connectivity index (χ4n) is 3.74. The quantitative estimate of drug-likeness (QED) is 0.321. The number of hydrogen-bond donors (Lipinski definition) is 1. The molecule has 158 valence electrons. The molecular weight excluding hydrogens is 487 g/mol. The number of hydrogen-bond acceptors (Lipinski definition) is 3. The van der Waals surface area contributed by atoms with Crippen LogP contribution >= 0.6 is 24.0 Å². The van der Waals surface area contributed by atoms with Crippen molar-refractivity contribution in [3.8, 4) is 0 Å². The summed E-state index contributed by atoms with van der Waals surface area (Å²) in [5.41, 5.74) is 2.56. The molecule has 0 radical (unpaired) electrons. The Kier molecular flexibility index (Phi) is 8.12. The number of benzene rings is 2. The molecule has 1 aliphatic rings. The third-order valence-corrected chi connectivity index (χ3v) is 5.31. The first-order valence-electron chi connectivity index (χ1n) is 10.1. The summed E-state index contributed by atoms with van der Waals surface area (Å²) in [6.45, 7) is 5.37. The van der Waals surface area contributed by atoms with Crippen LogP contribution in [0.15, 0.2) is 78.0 Å². The zero-order valence-electron chi connectivity index (χ0n) is 17.3. The van der Waals surface area contributed by atoms with Crippen LogP contribution in [0.3, 0.4) is 0 Å². The van der Waals surface area contributed by atoms with Gasteiger partial charge in [0.2, 0.25) is 0 Å². The highest BCUT2D eigenvalue weighted by Crippen LogP contribution is 2.15. The fraction of sp³-hybridized carbons (Fsp3) is 0.304. The van der Waals surface area contributed by atoms with Gasteiger partial charge in [0.15, 0.2) is 5.96 Å². The Morgan fingerprint density at radius 1 is 0.967 bits per heavy atom. The standard InChI is InChI=1S/C23H28N6.HI/c1-24-23(28-16-14-27(15-17-28)21-10-6-3-7-11-21)26-18-22-25-12-13-29(22)19-20-8-4-2-5-9-20;/h2-13H,14-19H2,1H3,(H,24,26);1H. The fourth-order valence-corrected chi connectivity index (χ4v) is 3.74. The molecule has 1 aliphatic heterocycles. The Balaban J connectivity index is 0.00000256. The largest absolute Gasteiger partial charge is 0.368 e. The van der Waals surface area contributed by atoms with Crippen molar-refractivity contribution >= 4 is 35.6 Å². The minimum absolute atomic E-state index is 0. The molecule has 2 aromatic carbocycles. The molecule has 0 unspecified atom stereocenters. The number of para-hydroxylation sites is 1. The summed E-state index contributed by atoms with van der Waals surface area (Å²) in [4.78, 5) is 13.8. The van der Waals surface area contributed by atoms with Crippen LogP contribution in [0, 0.1) is 0 Å². The molecule has 4 rings (SSSR count). The highest BCUT2D eigenvalue weighted by molar-refractivity contribution is 14.0. The first-order chi connectivity index (χ1) is 14.3. The van der Waals surface area contributed by atoms with Crippen molar-refractivity contribution in [3.05, 3.63) is 84.4 Å². The maximum absolute atomic E-state index is 4.53. The number of piperazine rings is 1. The van der Waals surface area contributed by atoms with Gasteiger partial charge in [0.25, 0.3) is 0 Å². The van der Waals surface area contributed by atoms with Crippen molar-refractivity contribution in [2.75, 3.05) is 38.1 Å².